The van der Waals surface area contributed by atoms with Crippen LogP contribution in [0.1, 0.15) is 65.7 Å². The average Bonchev–Trinajstić information content (AvgIpc) is 2.56. The van der Waals surface area contributed by atoms with E-state index in [1.807, 2.05) is 0 Å². The van der Waals surface area contributed by atoms with Crippen molar-refractivity contribution in [2.45, 2.75) is 77.3 Å². The Morgan fingerprint density at radius 3 is 2.38 bits per heavy atom. The van der Waals surface area contributed by atoms with E-state index in [1.165, 1.54) is 44.9 Å². The van der Waals surface area contributed by atoms with Gasteiger partial charge in [0.05, 0.1) is 13.2 Å². The fourth-order valence-corrected chi connectivity index (χ4v) is 4.38. The zero-order valence-corrected chi connectivity index (χ0v) is 14.5. The summed E-state index contributed by atoms with van der Waals surface area (Å²) in [7, 11) is 0. The standard InChI is InChI=1S/C18H36N2O/c1-4-11-19-17(16-9-7-6-8-10-16)18(3,5-2)20-12-14-21-15-13-20/h16-17,19H,4-15H2,1-3H3. The van der Waals surface area contributed by atoms with Gasteiger partial charge in [-0.2, -0.15) is 0 Å². The molecule has 1 aliphatic heterocycles. The van der Waals surface area contributed by atoms with Gasteiger partial charge in [0.2, 0.25) is 0 Å². The summed E-state index contributed by atoms with van der Waals surface area (Å²) in [5.74, 6) is 0.859. The largest absolute Gasteiger partial charge is 0.379 e. The number of hydrogen-bond acceptors (Lipinski definition) is 3. The van der Waals surface area contributed by atoms with Crippen molar-refractivity contribution in [1.82, 2.24) is 10.2 Å². The molecule has 21 heavy (non-hydrogen) atoms. The topological polar surface area (TPSA) is 24.5 Å². The van der Waals surface area contributed by atoms with Gasteiger partial charge >= 0.3 is 0 Å². The molecular weight excluding hydrogens is 260 g/mol. The minimum Gasteiger partial charge on any atom is -0.379 e. The average molecular weight is 296 g/mol. The fourth-order valence-electron chi connectivity index (χ4n) is 4.38. The molecule has 0 aromatic heterocycles. The number of ether oxygens (including phenoxy) is 1. The van der Waals surface area contributed by atoms with Gasteiger partial charge in [-0.05, 0) is 45.1 Å². The van der Waals surface area contributed by atoms with Gasteiger partial charge in [0, 0.05) is 24.7 Å². The first-order valence-corrected chi connectivity index (χ1v) is 9.28. The fraction of sp³-hybridized carbons (Fsp3) is 1.00. The molecule has 124 valence electrons. The SMILES string of the molecule is CCCNC(C1CCCCC1)C(C)(CC)N1CCOCC1. The Kier molecular flexibility index (Phi) is 6.97. The molecule has 0 spiro atoms. The molecule has 3 nitrogen and oxygen atoms in total. The Morgan fingerprint density at radius 1 is 1.14 bits per heavy atom. The third kappa shape index (κ3) is 4.20. The zero-order valence-electron chi connectivity index (χ0n) is 14.5. The maximum Gasteiger partial charge on any atom is 0.0594 e. The van der Waals surface area contributed by atoms with E-state index in [2.05, 4.69) is 31.0 Å². The molecule has 1 heterocycles. The van der Waals surface area contributed by atoms with Gasteiger partial charge in [-0.25, -0.2) is 0 Å². The Hall–Kier alpha value is -0.120. The lowest BCUT2D eigenvalue weighted by atomic mass is 9.73. The summed E-state index contributed by atoms with van der Waals surface area (Å²) in [5, 5.41) is 3.95. The minimum absolute atomic E-state index is 0.279. The molecule has 1 saturated heterocycles. The van der Waals surface area contributed by atoms with Crippen molar-refractivity contribution in [1.29, 1.82) is 0 Å². The zero-order chi connectivity index (χ0) is 15.1. The molecule has 1 N–H and O–H groups in total. The van der Waals surface area contributed by atoms with Crippen LogP contribution in [0.3, 0.4) is 0 Å². The molecule has 0 radical (unpaired) electrons. The highest BCUT2D eigenvalue weighted by atomic mass is 16.5. The predicted molar refractivity (Wildman–Crippen MR) is 89.7 cm³/mol. The van der Waals surface area contributed by atoms with Crippen LogP contribution in [0, 0.1) is 5.92 Å². The van der Waals surface area contributed by atoms with Gasteiger partial charge in [-0.15, -0.1) is 0 Å². The number of rotatable bonds is 7. The first kappa shape index (κ1) is 17.2. The first-order valence-electron chi connectivity index (χ1n) is 9.28. The highest BCUT2D eigenvalue weighted by Gasteiger charge is 2.42. The van der Waals surface area contributed by atoms with E-state index in [4.69, 9.17) is 4.74 Å². The number of morpholine rings is 1. The van der Waals surface area contributed by atoms with Gasteiger partial charge in [0.15, 0.2) is 0 Å². The number of nitrogens with one attached hydrogen (secondary N) is 1. The van der Waals surface area contributed by atoms with Crippen molar-refractivity contribution in [2.24, 2.45) is 5.92 Å². The van der Waals surface area contributed by atoms with Gasteiger partial charge in [0.1, 0.15) is 0 Å². The summed E-state index contributed by atoms with van der Waals surface area (Å²) in [4.78, 5) is 2.71. The Morgan fingerprint density at radius 2 is 1.81 bits per heavy atom. The molecule has 2 fully saturated rings. The first-order chi connectivity index (χ1) is 10.2. The van der Waals surface area contributed by atoms with E-state index in [0.717, 1.165) is 38.8 Å². The minimum atomic E-state index is 0.279. The lowest BCUT2D eigenvalue weighted by Crippen LogP contribution is -2.64. The van der Waals surface area contributed by atoms with Crippen molar-refractivity contribution < 1.29 is 4.74 Å². The van der Waals surface area contributed by atoms with E-state index in [0.29, 0.717) is 6.04 Å². The highest BCUT2D eigenvalue weighted by Crippen LogP contribution is 2.36. The van der Waals surface area contributed by atoms with Crippen LogP contribution in [-0.2, 0) is 4.74 Å². The van der Waals surface area contributed by atoms with Crippen molar-refractivity contribution in [2.75, 3.05) is 32.8 Å². The molecule has 2 rings (SSSR count). The number of hydrogen-bond donors (Lipinski definition) is 1. The molecule has 1 aliphatic carbocycles. The van der Waals surface area contributed by atoms with Gasteiger partial charge in [-0.1, -0.05) is 33.1 Å². The molecule has 0 aromatic rings. The monoisotopic (exact) mass is 296 g/mol. The lowest BCUT2D eigenvalue weighted by Gasteiger charge is -2.51. The molecule has 1 saturated carbocycles. The summed E-state index contributed by atoms with van der Waals surface area (Å²) in [6, 6.07) is 0.640. The second kappa shape index (κ2) is 8.50. The van der Waals surface area contributed by atoms with E-state index in [1.54, 1.807) is 0 Å². The summed E-state index contributed by atoms with van der Waals surface area (Å²) < 4.78 is 5.58. The molecule has 0 amide bonds. The van der Waals surface area contributed by atoms with Crippen LogP contribution in [0.2, 0.25) is 0 Å². The Bertz CT molecular complexity index is 285. The van der Waals surface area contributed by atoms with E-state index in [9.17, 15) is 0 Å². The smallest absolute Gasteiger partial charge is 0.0594 e. The van der Waals surface area contributed by atoms with Crippen LogP contribution in [0.4, 0.5) is 0 Å². The van der Waals surface area contributed by atoms with E-state index < -0.39 is 0 Å². The maximum absolute atomic E-state index is 5.58. The van der Waals surface area contributed by atoms with Crippen molar-refractivity contribution >= 4 is 0 Å². The van der Waals surface area contributed by atoms with Crippen molar-refractivity contribution in [3.8, 4) is 0 Å². The summed E-state index contributed by atoms with van der Waals surface area (Å²) in [6.07, 6.45) is 9.59. The second-order valence-electron chi connectivity index (χ2n) is 7.14. The van der Waals surface area contributed by atoms with Gasteiger partial charge in [-0.3, -0.25) is 4.90 Å². The van der Waals surface area contributed by atoms with Crippen LogP contribution in [0.15, 0.2) is 0 Å². The molecular formula is C18H36N2O. The van der Waals surface area contributed by atoms with E-state index in [-0.39, 0.29) is 5.54 Å². The summed E-state index contributed by atoms with van der Waals surface area (Å²) >= 11 is 0. The molecule has 2 aliphatic rings. The quantitative estimate of drug-likeness (QED) is 0.779. The molecule has 3 heteroatoms. The summed E-state index contributed by atoms with van der Waals surface area (Å²) in [6.45, 7) is 12.3. The predicted octanol–water partition coefficient (Wildman–Crippen LogP) is 3.44. The highest BCUT2D eigenvalue weighted by molar-refractivity contribution is 5.00. The maximum atomic E-state index is 5.58. The number of nitrogens with zero attached hydrogens (tertiary/aromatic N) is 1. The Balaban J connectivity index is 2.13. The van der Waals surface area contributed by atoms with Crippen LogP contribution >= 0.6 is 0 Å². The molecule has 0 bridgehead atoms. The second-order valence-corrected chi connectivity index (χ2v) is 7.14. The van der Waals surface area contributed by atoms with Crippen molar-refractivity contribution in [3.05, 3.63) is 0 Å². The van der Waals surface area contributed by atoms with Crippen molar-refractivity contribution in [3.63, 3.8) is 0 Å². The van der Waals surface area contributed by atoms with Crippen LogP contribution in [-0.4, -0.2) is 49.3 Å². The van der Waals surface area contributed by atoms with Gasteiger partial charge < -0.3 is 10.1 Å². The third-order valence-corrected chi connectivity index (χ3v) is 5.85. The van der Waals surface area contributed by atoms with Crippen LogP contribution in [0.25, 0.3) is 0 Å². The lowest BCUT2D eigenvalue weighted by molar-refractivity contribution is -0.0438. The normalized spacial score (nSPS) is 26.4. The van der Waals surface area contributed by atoms with Crippen LogP contribution < -0.4 is 5.32 Å². The van der Waals surface area contributed by atoms with Gasteiger partial charge in [0.25, 0.3) is 0 Å². The Labute approximate surface area is 131 Å². The molecule has 0 aromatic carbocycles. The summed E-state index contributed by atoms with van der Waals surface area (Å²) in [5.41, 5.74) is 0.279. The van der Waals surface area contributed by atoms with E-state index >= 15 is 0 Å². The molecule has 2 atom stereocenters. The molecule has 2 unspecified atom stereocenters. The van der Waals surface area contributed by atoms with Crippen LogP contribution in [0.5, 0.6) is 0 Å². The third-order valence-electron chi connectivity index (χ3n) is 5.85.